The van der Waals surface area contributed by atoms with Crippen LogP contribution < -0.4 is 0 Å². The molecule has 0 aliphatic rings. The Hall–Kier alpha value is -2.04. The first-order valence-electron chi connectivity index (χ1n) is 5.44. The second kappa shape index (κ2) is 6.52. The van der Waals surface area contributed by atoms with Gasteiger partial charge in [0.2, 0.25) is 5.82 Å². The van der Waals surface area contributed by atoms with Gasteiger partial charge in [-0.2, -0.15) is 0 Å². The SMILES string of the molecule is CC(C)C.O=Cc1nnn(-c2ccccc2)n1. The monoisotopic (exact) mass is 232 g/mol. The number of carbonyl (C=O) groups is 1. The van der Waals surface area contributed by atoms with Crippen LogP contribution in [0.3, 0.4) is 0 Å². The van der Waals surface area contributed by atoms with Crippen molar-refractivity contribution in [2.75, 3.05) is 0 Å². The Labute approximate surface area is 100 Å². The van der Waals surface area contributed by atoms with Crippen LogP contribution in [0.25, 0.3) is 5.69 Å². The Bertz CT molecular complexity index is 448. The number of hydrogen-bond acceptors (Lipinski definition) is 4. The summed E-state index contributed by atoms with van der Waals surface area (Å²) in [6.07, 6.45) is 0.562. The predicted molar refractivity (Wildman–Crippen MR) is 65.1 cm³/mol. The third-order valence-corrected chi connectivity index (χ3v) is 1.52. The van der Waals surface area contributed by atoms with Crippen molar-refractivity contribution in [1.29, 1.82) is 0 Å². The van der Waals surface area contributed by atoms with E-state index in [0.717, 1.165) is 11.6 Å². The molecule has 5 nitrogen and oxygen atoms in total. The van der Waals surface area contributed by atoms with Crippen LogP contribution in [0.1, 0.15) is 31.4 Å². The van der Waals surface area contributed by atoms with E-state index in [1.54, 1.807) is 0 Å². The lowest BCUT2D eigenvalue weighted by atomic mass is 10.3. The molecule has 0 bridgehead atoms. The Morgan fingerprint density at radius 3 is 2.24 bits per heavy atom. The Kier molecular flexibility index (Phi) is 5.00. The molecule has 0 saturated heterocycles. The minimum Gasteiger partial charge on any atom is -0.294 e. The second-order valence-corrected chi connectivity index (χ2v) is 4.12. The van der Waals surface area contributed by atoms with Gasteiger partial charge in [-0.3, -0.25) is 4.79 Å². The van der Waals surface area contributed by atoms with E-state index in [4.69, 9.17) is 0 Å². The molecule has 0 fully saturated rings. The topological polar surface area (TPSA) is 60.7 Å². The largest absolute Gasteiger partial charge is 0.294 e. The fraction of sp³-hybridized carbons (Fsp3) is 0.333. The fourth-order valence-electron chi connectivity index (χ4n) is 0.943. The van der Waals surface area contributed by atoms with Crippen LogP contribution in [0, 0.1) is 5.92 Å². The molecule has 0 saturated carbocycles. The second-order valence-electron chi connectivity index (χ2n) is 4.12. The number of carbonyl (C=O) groups excluding carboxylic acids is 1. The van der Waals surface area contributed by atoms with Crippen LogP contribution in [0.2, 0.25) is 0 Å². The quantitative estimate of drug-likeness (QED) is 0.744. The van der Waals surface area contributed by atoms with Gasteiger partial charge in [0, 0.05) is 0 Å². The molecule has 0 aliphatic carbocycles. The van der Waals surface area contributed by atoms with Gasteiger partial charge in [-0.15, -0.1) is 15.0 Å². The summed E-state index contributed by atoms with van der Waals surface area (Å²) < 4.78 is 0. The standard InChI is InChI=1S/C8H6N4O.C4H10/c13-6-8-9-11-12(10-8)7-4-2-1-3-5-7;1-4(2)3/h1-6H;4H,1-3H3. The molecule has 0 atom stereocenters. The van der Waals surface area contributed by atoms with E-state index >= 15 is 0 Å². The summed E-state index contributed by atoms with van der Waals surface area (Å²) in [6.45, 7) is 6.50. The highest BCUT2D eigenvalue weighted by Crippen LogP contribution is 2.01. The number of benzene rings is 1. The average molecular weight is 232 g/mol. The lowest BCUT2D eigenvalue weighted by Crippen LogP contribution is -1.98. The van der Waals surface area contributed by atoms with Crippen molar-refractivity contribution in [3.63, 3.8) is 0 Å². The van der Waals surface area contributed by atoms with E-state index in [2.05, 4.69) is 36.2 Å². The zero-order valence-electron chi connectivity index (χ0n) is 10.2. The highest BCUT2D eigenvalue weighted by Gasteiger charge is 2.01. The van der Waals surface area contributed by atoms with Crippen LogP contribution in [-0.4, -0.2) is 26.5 Å². The summed E-state index contributed by atoms with van der Waals surface area (Å²) in [5, 5.41) is 11.1. The van der Waals surface area contributed by atoms with E-state index in [1.165, 1.54) is 4.80 Å². The third-order valence-electron chi connectivity index (χ3n) is 1.52. The molecule has 0 unspecified atom stereocenters. The molecule has 17 heavy (non-hydrogen) atoms. The minimum absolute atomic E-state index is 0.0869. The van der Waals surface area contributed by atoms with Crippen molar-refractivity contribution in [2.24, 2.45) is 5.92 Å². The van der Waals surface area contributed by atoms with Gasteiger partial charge < -0.3 is 0 Å². The van der Waals surface area contributed by atoms with E-state index in [9.17, 15) is 4.79 Å². The highest BCUT2D eigenvalue weighted by atomic mass is 16.1. The summed E-state index contributed by atoms with van der Waals surface area (Å²) in [5.74, 6) is 0.920. The van der Waals surface area contributed by atoms with Crippen molar-refractivity contribution in [2.45, 2.75) is 20.8 Å². The summed E-state index contributed by atoms with van der Waals surface area (Å²) in [5.41, 5.74) is 0.781. The van der Waals surface area contributed by atoms with Gasteiger partial charge in [-0.05, 0) is 23.3 Å². The van der Waals surface area contributed by atoms with Gasteiger partial charge in [-0.1, -0.05) is 39.0 Å². The van der Waals surface area contributed by atoms with Crippen molar-refractivity contribution >= 4 is 6.29 Å². The van der Waals surface area contributed by atoms with Crippen molar-refractivity contribution < 1.29 is 4.79 Å². The lowest BCUT2D eigenvalue weighted by molar-refractivity contribution is 0.111. The molecule has 2 aromatic rings. The van der Waals surface area contributed by atoms with Gasteiger partial charge in [-0.25, -0.2) is 0 Å². The first-order valence-corrected chi connectivity index (χ1v) is 5.44. The number of nitrogens with zero attached hydrogens (tertiary/aromatic N) is 4. The number of hydrogen-bond donors (Lipinski definition) is 0. The van der Waals surface area contributed by atoms with Gasteiger partial charge in [0.25, 0.3) is 0 Å². The molecule has 1 aromatic heterocycles. The highest BCUT2D eigenvalue weighted by molar-refractivity contribution is 5.67. The summed E-state index contributed by atoms with van der Waals surface area (Å²) in [7, 11) is 0. The average Bonchev–Trinajstić information content (AvgIpc) is 2.78. The molecule has 0 radical (unpaired) electrons. The van der Waals surface area contributed by atoms with Crippen LogP contribution in [0.4, 0.5) is 0 Å². The zero-order valence-corrected chi connectivity index (χ0v) is 10.2. The molecule has 1 aromatic carbocycles. The zero-order chi connectivity index (χ0) is 12.7. The van der Waals surface area contributed by atoms with Crippen LogP contribution >= 0.6 is 0 Å². The summed E-state index contributed by atoms with van der Waals surface area (Å²) >= 11 is 0. The van der Waals surface area contributed by atoms with Gasteiger partial charge in [0.1, 0.15) is 0 Å². The summed E-state index contributed by atoms with van der Waals surface area (Å²) in [6, 6.07) is 9.27. The van der Waals surface area contributed by atoms with Gasteiger partial charge in [0.05, 0.1) is 5.69 Å². The minimum atomic E-state index is 0.0869. The fourth-order valence-corrected chi connectivity index (χ4v) is 0.943. The van der Waals surface area contributed by atoms with Gasteiger partial charge in [0.15, 0.2) is 6.29 Å². The molecule has 0 amide bonds. The smallest absolute Gasteiger partial charge is 0.237 e. The molecule has 1 heterocycles. The Balaban J connectivity index is 0.000000317. The Morgan fingerprint density at radius 1 is 1.18 bits per heavy atom. The Morgan fingerprint density at radius 2 is 1.76 bits per heavy atom. The lowest BCUT2D eigenvalue weighted by Gasteiger charge is -1.94. The number of tetrazole rings is 1. The molecular weight excluding hydrogens is 216 g/mol. The van der Waals surface area contributed by atoms with E-state index < -0.39 is 0 Å². The number of aromatic nitrogens is 4. The van der Waals surface area contributed by atoms with Crippen LogP contribution in [0.5, 0.6) is 0 Å². The van der Waals surface area contributed by atoms with Crippen LogP contribution in [-0.2, 0) is 0 Å². The molecule has 90 valence electrons. The normalized spacial score (nSPS) is 9.65. The first kappa shape index (κ1) is 13.0. The summed E-state index contributed by atoms with van der Waals surface area (Å²) in [4.78, 5) is 11.6. The van der Waals surface area contributed by atoms with E-state index in [-0.39, 0.29) is 5.82 Å². The molecular formula is C12H16N4O. The molecule has 5 heteroatoms. The van der Waals surface area contributed by atoms with Crippen molar-refractivity contribution in [1.82, 2.24) is 20.2 Å². The van der Waals surface area contributed by atoms with Crippen molar-refractivity contribution in [3.05, 3.63) is 36.2 Å². The predicted octanol–water partition coefficient (Wildman–Crippen LogP) is 2.14. The maximum absolute atomic E-state index is 10.3. The van der Waals surface area contributed by atoms with E-state index in [0.29, 0.717) is 6.29 Å². The van der Waals surface area contributed by atoms with E-state index in [1.807, 2.05) is 30.3 Å². The third kappa shape index (κ3) is 4.55. The molecule has 2 rings (SSSR count). The number of para-hydroxylation sites is 1. The maximum Gasteiger partial charge on any atom is 0.237 e. The molecule has 0 N–H and O–H groups in total. The maximum atomic E-state index is 10.3. The molecule has 0 aliphatic heterocycles. The number of aldehydes is 1. The molecule has 0 spiro atoms. The first-order chi connectivity index (χ1) is 8.13. The van der Waals surface area contributed by atoms with Crippen molar-refractivity contribution in [3.8, 4) is 5.69 Å². The number of rotatable bonds is 2. The van der Waals surface area contributed by atoms with Gasteiger partial charge >= 0.3 is 0 Å². The van der Waals surface area contributed by atoms with Crippen LogP contribution in [0.15, 0.2) is 30.3 Å².